The third-order valence-electron chi connectivity index (χ3n) is 3.32. The molecule has 23 heavy (non-hydrogen) atoms. The average molecular weight is 362 g/mol. The standard InChI is InChI=1S/C17H15NO2S3/c1-10-5-4-6-11(7-10)13-9-22-15(18-13)12-8-14(16(19)20-2)23-17(12)21-3/h4-9H,1-3H3. The fourth-order valence-electron chi connectivity index (χ4n) is 2.21. The second-order valence-electron chi connectivity index (χ2n) is 4.91. The van der Waals surface area contributed by atoms with Crippen LogP contribution in [-0.2, 0) is 4.74 Å². The lowest BCUT2D eigenvalue weighted by molar-refractivity contribution is 0.0606. The molecule has 0 spiro atoms. The number of ether oxygens (including phenoxy) is 1. The molecular formula is C17H15NO2S3. The molecule has 2 heterocycles. The van der Waals surface area contributed by atoms with Gasteiger partial charge in [0.1, 0.15) is 9.88 Å². The van der Waals surface area contributed by atoms with Gasteiger partial charge in [-0.25, -0.2) is 9.78 Å². The SMILES string of the molecule is COC(=O)c1cc(-c2nc(-c3cccc(C)c3)cs2)c(SC)s1. The lowest BCUT2D eigenvalue weighted by Crippen LogP contribution is -1.96. The Balaban J connectivity index is 2.00. The maximum atomic E-state index is 11.8. The summed E-state index contributed by atoms with van der Waals surface area (Å²) in [6, 6.07) is 10.2. The minimum Gasteiger partial charge on any atom is -0.465 e. The van der Waals surface area contributed by atoms with Crippen LogP contribution in [0.15, 0.2) is 39.9 Å². The van der Waals surface area contributed by atoms with Crippen molar-refractivity contribution < 1.29 is 9.53 Å². The van der Waals surface area contributed by atoms with E-state index in [0.29, 0.717) is 4.88 Å². The zero-order chi connectivity index (χ0) is 16.4. The van der Waals surface area contributed by atoms with Gasteiger partial charge in [0.2, 0.25) is 0 Å². The molecule has 0 aliphatic heterocycles. The lowest BCUT2D eigenvalue weighted by atomic mass is 10.1. The largest absolute Gasteiger partial charge is 0.465 e. The molecular weight excluding hydrogens is 346 g/mol. The second kappa shape index (κ2) is 6.86. The van der Waals surface area contributed by atoms with Crippen molar-refractivity contribution in [3.63, 3.8) is 0 Å². The molecule has 0 aliphatic rings. The number of thiophene rings is 1. The first kappa shape index (κ1) is 16.2. The van der Waals surface area contributed by atoms with E-state index in [0.717, 1.165) is 26.0 Å². The molecule has 0 unspecified atom stereocenters. The van der Waals surface area contributed by atoms with Gasteiger partial charge < -0.3 is 4.74 Å². The van der Waals surface area contributed by atoms with E-state index in [4.69, 9.17) is 9.72 Å². The Morgan fingerprint density at radius 2 is 2.13 bits per heavy atom. The van der Waals surface area contributed by atoms with E-state index in [-0.39, 0.29) is 5.97 Å². The predicted octanol–water partition coefficient (Wildman–Crippen LogP) is 5.36. The number of benzene rings is 1. The first-order chi connectivity index (χ1) is 11.1. The van der Waals surface area contributed by atoms with Gasteiger partial charge in [-0.1, -0.05) is 23.8 Å². The van der Waals surface area contributed by atoms with Crippen LogP contribution in [0.3, 0.4) is 0 Å². The summed E-state index contributed by atoms with van der Waals surface area (Å²) in [5.41, 5.74) is 4.30. The van der Waals surface area contributed by atoms with E-state index in [2.05, 4.69) is 30.5 Å². The maximum absolute atomic E-state index is 11.8. The number of hydrogen-bond acceptors (Lipinski definition) is 6. The fraction of sp³-hybridized carbons (Fsp3) is 0.176. The van der Waals surface area contributed by atoms with Crippen molar-refractivity contribution in [3.8, 4) is 21.8 Å². The number of thioether (sulfide) groups is 1. The Bertz CT molecular complexity index is 851. The number of thiazole rings is 1. The van der Waals surface area contributed by atoms with Gasteiger partial charge in [0, 0.05) is 16.5 Å². The molecule has 1 aromatic carbocycles. The van der Waals surface area contributed by atoms with Crippen LogP contribution in [0.5, 0.6) is 0 Å². The number of hydrogen-bond donors (Lipinski definition) is 0. The van der Waals surface area contributed by atoms with Crippen molar-refractivity contribution >= 4 is 40.4 Å². The van der Waals surface area contributed by atoms with Crippen LogP contribution in [-0.4, -0.2) is 24.3 Å². The van der Waals surface area contributed by atoms with Crippen LogP contribution in [0.4, 0.5) is 0 Å². The molecule has 0 saturated heterocycles. The molecule has 0 N–H and O–H groups in total. The maximum Gasteiger partial charge on any atom is 0.348 e. The minimum absolute atomic E-state index is 0.299. The summed E-state index contributed by atoms with van der Waals surface area (Å²) in [6.07, 6.45) is 2.01. The summed E-state index contributed by atoms with van der Waals surface area (Å²) in [4.78, 5) is 17.1. The molecule has 0 saturated carbocycles. The van der Waals surface area contributed by atoms with E-state index in [1.165, 1.54) is 24.0 Å². The van der Waals surface area contributed by atoms with E-state index >= 15 is 0 Å². The molecule has 0 bridgehead atoms. The quantitative estimate of drug-likeness (QED) is 0.463. The van der Waals surface area contributed by atoms with Gasteiger partial charge >= 0.3 is 5.97 Å². The number of carbonyl (C=O) groups excluding carboxylic acids is 1. The highest BCUT2D eigenvalue weighted by molar-refractivity contribution is 8.00. The zero-order valence-corrected chi connectivity index (χ0v) is 15.4. The van der Waals surface area contributed by atoms with Crippen LogP contribution in [0.2, 0.25) is 0 Å². The van der Waals surface area contributed by atoms with Crippen LogP contribution >= 0.6 is 34.4 Å². The number of aromatic nitrogens is 1. The number of esters is 1. The third-order valence-corrected chi connectivity index (χ3v) is 6.44. The minimum atomic E-state index is -0.299. The Kier molecular flexibility index (Phi) is 4.84. The van der Waals surface area contributed by atoms with Crippen molar-refractivity contribution in [3.05, 3.63) is 46.2 Å². The van der Waals surface area contributed by atoms with Crippen LogP contribution < -0.4 is 0 Å². The van der Waals surface area contributed by atoms with Gasteiger partial charge in [-0.3, -0.25) is 0 Å². The number of rotatable bonds is 4. The smallest absolute Gasteiger partial charge is 0.348 e. The number of aryl methyl sites for hydroxylation is 1. The highest BCUT2D eigenvalue weighted by Gasteiger charge is 2.18. The Hall–Kier alpha value is -1.63. The van der Waals surface area contributed by atoms with Gasteiger partial charge in [-0.05, 0) is 25.3 Å². The predicted molar refractivity (Wildman–Crippen MR) is 98.7 cm³/mol. The van der Waals surface area contributed by atoms with Crippen molar-refractivity contribution in [2.45, 2.75) is 11.1 Å². The summed E-state index contributed by atoms with van der Waals surface area (Å²) in [5.74, 6) is -0.299. The third kappa shape index (κ3) is 3.34. The van der Waals surface area contributed by atoms with Gasteiger partial charge in [0.25, 0.3) is 0 Å². The molecule has 3 aromatic rings. The summed E-state index contributed by atoms with van der Waals surface area (Å²) in [5, 5.41) is 2.99. The zero-order valence-electron chi connectivity index (χ0n) is 13.0. The van der Waals surface area contributed by atoms with E-state index in [1.54, 1.807) is 23.1 Å². The van der Waals surface area contributed by atoms with E-state index in [1.807, 2.05) is 18.4 Å². The molecule has 0 atom stereocenters. The lowest BCUT2D eigenvalue weighted by Gasteiger charge is -1.98. The fourth-order valence-corrected chi connectivity index (χ4v) is 4.98. The van der Waals surface area contributed by atoms with Crippen molar-refractivity contribution in [1.82, 2.24) is 4.98 Å². The molecule has 6 heteroatoms. The summed E-state index contributed by atoms with van der Waals surface area (Å²) >= 11 is 4.67. The summed E-state index contributed by atoms with van der Waals surface area (Å²) in [7, 11) is 1.40. The molecule has 0 radical (unpaired) electrons. The van der Waals surface area contributed by atoms with Gasteiger partial charge in [0.15, 0.2) is 0 Å². The molecule has 2 aromatic heterocycles. The molecule has 0 fully saturated rings. The van der Waals surface area contributed by atoms with E-state index in [9.17, 15) is 4.79 Å². The Labute approximate surface area is 147 Å². The van der Waals surface area contributed by atoms with Crippen LogP contribution in [0, 0.1) is 6.92 Å². The van der Waals surface area contributed by atoms with Gasteiger partial charge in [-0.15, -0.1) is 34.4 Å². The first-order valence-electron chi connectivity index (χ1n) is 6.91. The number of carbonyl (C=O) groups is 1. The molecule has 118 valence electrons. The van der Waals surface area contributed by atoms with E-state index < -0.39 is 0 Å². The monoisotopic (exact) mass is 361 g/mol. The first-order valence-corrected chi connectivity index (χ1v) is 9.83. The summed E-state index contributed by atoms with van der Waals surface area (Å²) in [6.45, 7) is 2.07. The topological polar surface area (TPSA) is 39.2 Å². The van der Waals surface area contributed by atoms with Crippen LogP contribution in [0.25, 0.3) is 21.8 Å². The van der Waals surface area contributed by atoms with Gasteiger partial charge in [-0.2, -0.15) is 0 Å². The summed E-state index contributed by atoms with van der Waals surface area (Å²) < 4.78 is 5.90. The highest BCUT2D eigenvalue weighted by atomic mass is 32.2. The van der Waals surface area contributed by atoms with Crippen molar-refractivity contribution in [1.29, 1.82) is 0 Å². The Morgan fingerprint density at radius 1 is 1.30 bits per heavy atom. The highest BCUT2D eigenvalue weighted by Crippen LogP contribution is 2.40. The van der Waals surface area contributed by atoms with Crippen LogP contribution in [0.1, 0.15) is 15.2 Å². The second-order valence-corrected chi connectivity index (χ2v) is 7.90. The molecule has 3 rings (SSSR count). The van der Waals surface area contributed by atoms with Gasteiger partial charge in [0.05, 0.1) is 17.0 Å². The Morgan fingerprint density at radius 3 is 2.83 bits per heavy atom. The normalized spacial score (nSPS) is 10.7. The van der Waals surface area contributed by atoms with Crippen molar-refractivity contribution in [2.75, 3.05) is 13.4 Å². The number of methoxy groups -OCH3 is 1. The van der Waals surface area contributed by atoms with Crippen molar-refractivity contribution in [2.24, 2.45) is 0 Å². The average Bonchev–Trinajstić information content (AvgIpc) is 3.20. The molecule has 3 nitrogen and oxygen atoms in total. The number of nitrogens with zero attached hydrogens (tertiary/aromatic N) is 1. The molecule has 0 aliphatic carbocycles. The molecule has 0 amide bonds.